The van der Waals surface area contributed by atoms with Crippen LogP contribution in [0.4, 0.5) is 5.69 Å². The van der Waals surface area contributed by atoms with E-state index in [2.05, 4.69) is 15.3 Å². The molecular formula is C17H20ClN5O2S. The summed E-state index contributed by atoms with van der Waals surface area (Å²) < 4.78 is 10.5. The van der Waals surface area contributed by atoms with Crippen LogP contribution in [-0.2, 0) is 9.47 Å². The highest BCUT2D eigenvalue weighted by Crippen LogP contribution is 2.27. The summed E-state index contributed by atoms with van der Waals surface area (Å²) in [4.78, 5) is 15.5. The number of fused-ring (bicyclic) bond motifs is 1. The van der Waals surface area contributed by atoms with E-state index in [1.54, 1.807) is 20.4 Å². The number of anilines is 1. The van der Waals surface area contributed by atoms with Crippen LogP contribution in [0.15, 0.2) is 40.6 Å². The minimum absolute atomic E-state index is 0.383. The van der Waals surface area contributed by atoms with Crippen LogP contribution in [-0.4, -0.2) is 49.6 Å². The van der Waals surface area contributed by atoms with Crippen LogP contribution in [0.3, 0.4) is 0 Å². The Kier molecular flexibility index (Phi) is 6.44. The standard InChI is InChI=1S/C17H20ClN5O2S/c1-24-14(25-2)9-19-16-21-15-11(8-20-17(22-15)26-3)10-23(16)13-7-5-4-6-12(13)18/h4-8,10,14,16,19H,9H2,1-3H3. The predicted molar refractivity (Wildman–Crippen MR) is 103 cm³/mol. The van der Waals surface area contributed by atoms with Crippen molar-refractivity contribution in [1.82, 2.24) is 15.3 Å². The first-order chi connectivity index (χ1) is 12.7. The fraction of sp³-hybridized carbons (Fsp3) is 0.353. The van der Waals surface area contributed by atoms with E-state index in [0.717, 1.165) is 10.9 Å². The lowest BCUT2D eigenvalue weighted by molar-refractivity contribution is -0.0997. The number of methoxy groups -OCH3 is 2. The Morgan fingerprint density at radius 2 is 2.08 bits per heavy atom. The van der Waals surface area contributed by atoms with Crippen LogP contribution in [0.2, 0.25) is 5.02 Å². The van der Waals surface area contributed by atoms with E-state index < -0.39 is 6.29 Å². The number of rotatable bonds is 7. The Hall–Kier alpha value is -1.71. The van der Waals surface area contributed by atoms with Gasteiger partial charge in [0.1, 0.15) is 0 Å². The lowest BCUT2D eigenvalue weighted by Crippen LogP contribution is -2.52. The van der Waals surface area contributed by atoms with Gasteiger partial charge in [-0.2, -0.15) is 0 Å². The molecule has 1 aromatic heterocycles. The van der Waals surface area contributed by atoms with E-state index in [1.165, 1.54) is 11.8 Å². The minimum Gasteiger partial charge on any atom is -0.355 e. The Morgan fingerprint density at radius 3 is 2.77 bits per heavy atom. The molecule has 0 saturated carbocycles. The second kappa shape index (κ2) is 8.79. The summed E-state index contributed by atoms with van der Waals surface area (Å²) >= 11 is 7.88. The minimum atomic E-state index is -0.403. The van der Waals surface area contributed by atoms with Crippen LogP contribution in [0.1, 0.15) is 0 Å². The van der Waals surface area contributed by atoms with Crippen molar-refractivity contribution < 1.29 is 9.47 Å². The van der Waals surface area contributed by atoms with E-state index in [4.69, 9.17) is 26.1 Å². The third-order valence-electron chi connectivity index (χ3n) is 3.87. The summed E-state index contributed by atoms with van der Waals surface area (Å²) in [5.41, 5.74) is 1.47. The Bertz CT molecular complexity index is 878. The Balaban J connectivity index is 2.00. The van der Waals surface area contributed by atoms with E-state index in [0.29, 0.717) is 22.2 Å². The first-order valence-corrected chi connectivity index (χ1v) is 9.55. The maximum Gasteiger partial charge on any atom is 0.189 e. The Labute approximate surface area is 161 Å². The van der Waals surface area contributed by atoms with Gasteiger partial charge in [0.05, 0.1) is 22.5 Å². The third-order valence-corrected chi connectivity index (χ3v) is 4.75. The largest absolute Gasteiger partial charge is 0.355 e. The van der Waals surface area contributed by atoms with Gasteiger partial charge in [-0.1, -0.05) is 35.5 Å². The number of para-hydroxylation sites is 1. The average molecular weight is 394 g/mol. The Morgan fingerprint density at radius 1 is 1.31 bits per heavy atom. The van der Waals surface area contributed by atoms with Gasteiger partial charge in [0.2, 0.25) is 0 Å². The van der Waals surface area contributed by atoms with E-state index >= 15 is 0 Å². The van der Waals surface area contributed by atoms with Gasteiger partial charge in [-0.05, 0) is 18.4 Å². The van der Waals surface area contributed by atoms with Crippen LogP contribution >= 0.6 is 23.4 Å². The molecule has 2 aromatic rings. The molecule has 26 heavy (non-hydrogen) atoms. The highest BCUT2D eigenvalue weighted by Gasteiger charge is 2.22. The van der Waals surface area contributed by atoms with Crippen molar-refractivity contribution in [3.8, 4) is 0 Å². The molecule has 0 amide bonds. The number of hydrogen-bond acceptors (Lipinski definition) is 8. The molecule has 0 fully saturated rings. The van der Waals surface area contributed by atoms with Gasteiger partial charge in [-0.25, -0.2) is 15.0 Å². The molecule has 2 heterocycles. The highest BCUT2D eigenvalue weighted by atomic mass is 35.5. The van der Waals surface area contributed by atoms with E-state index in [1.807, 2.05) is 41.6 Å². The number of benzene rings is 1. The molecule has 0 aliphatic carbocycles. The molecule has 1 atom stereocenters. The molecule has 1 aliphatic heterocycles. The lowest BCUT2D eigenvalue weighted by atomic mass is 10.2. The van der Waals surface area contributed by atoms with E-state index in [-0.39, 0.29) is 6.29 Å². The van der Waals surface area contributed by atoms with Crippen molar-refractivity contribution >= 4 is 35.3 Å². The molecule has 0 radical (unpaired) electrons. The number of halogens is 1. The maximum atomic E-state index is 6.40. The van der Waals surface area contributed by atoms with Crippen molar-refractivity contribution in [1.29, 1.82) is 0 Å². The van der Waals surface area contributed by atoms with Gasteiger partial charge in [0, 0.05) is 26.6 Å². The third kappa shape index (κ3) is 4.16. The van der Waals surface area contributed by atoms with Crippen molar-refractivity contribution in [2.75, 3.05) is 31.9 Å². The molecular weight excluding hydrogens is 374 g/mol. The topological polar surface area (TPSA) is 71.9 Å². The molecule has 1 aliphatic rings. The van der Waals surface area contributed by atoms with Crippen molar-refractivity contribution in [3.05, 3.63) is 46.2 Å². The molecule has 0 spiro atoms. The number of hydrogen-bond donors (Lipinski definition) is 1. The molecule has 0 bridgehead atoms. The summed E-state index contributed by atoms with van der Waals surface area (Å²) in [5.74, 6) is 0. The van der Waals surface area contributed by atoms with Crippen LogP contribution in [0.25, 0.3) is 6.20 Å². The summed E-state index contributed by atoms with van der Waals surface area (Å²) in [7, 11) is 3.19. The number of nitrogens with zero attached hydrogens (tertiary/aromatic N) is 4. The predicted octanol–water partition coefficient (Wildman–Crippen LogP) is 1.22. The molecule has 138 valence electrons. The number of thioether (sulfide) groups is 1. The van der Waals surface area contributed by atoms with Gasteiger partial charge >= 0.3 is 0 Å². The first kappa shape index (κ1) is 19.1. The lowest BCUT2D eigenvalue weighted by Gasteiger charge is -2.31. The second-order valence-electron chi connectivity index (χ2n) is 5.44. The smallest absolute Gasteiger partial charge is 0.189 e. The summed E-state index contributed by atoms with van der Waals surface area (Å²) in [6.07, 6.45) is 4.86. The average Bonchev–Trinajstić information content (AvgIpc) is 2.68. The molecule has 1 N–H and O–H groups in total. The zero-order valence-corrected chi connectivity index (χ0v) is 16.3. The maximum absolute atomic E-state index is 6.40. The van der Waals surface area contributed by atoms with Gasteiger partial charge in [-0.15, -0.1) is 0 Å². The van der Waals surface area contributed by atoms with Crippen molar-refractivity contribution in [3.63, 3.8) is 0 Å². The zero-order valence-electron chi connectivity index (χ0n) is 14.7. The van der Waals surface area contributed by atoms with Crippen LogP contribution in [0.5, 0.6) is 0 Å². The summed E-state index contributed by atoms with van der Waals surface area (Å²) in [5, 5.41) is 5.47. The molecule has 9 heteroatoms. The molecule has 7 nitrogen and oxygen atoms in total. The van der Waals surface area contributed by atoms with Gasteiger partial charge < -0.3 is 14.4 Å². The zero-order chi connectivity index (χ0) is 18.5. The number of ether oxygens (including phenoxy) is 2. The number of aromatic nitrogens is 2. The fourth-order valence-electron chi connectivity index (χ4n) is 2.53. The van der Waals surface area contributed by atoms with E-state index in [9.17, 15) is 0 Å². The fourth-order valence-corrected chi connectivity index (χ4v) is 3.10. The SMILES string of the molecule is COC(CNC1N=c2nc(SC)ncc2=CN1c1ccccc1Cl)OC. The molecule has 0 saturated heterocycles. The monoisotopic (exact) mass is 393 g/mol. The normalized spacial score (nSPS) is 16.2. The molecule has 1 unspecified atom stereocenters. The quantitative estimate of drug-likeness (QED) is 0.431. The van der Waals surface area contributed by atoms with Crippen LogP contribution in [0, 0.1) is 0 Å². The number of nitrogens with one attached hydrogen (secondary N) is 1. The van der Waals surface area contributed by atoms with Crippen LogP contribution < -0.4 is 20.9 Å². The first-order valence-electron chi connectivity index (χ1n) is 7.95. The summed E-state index contributed by atoms with van der Waals surface area (Å²) in [6, 6.07) is 7.61. The molecule has 3 rings (SSSR count). The molecule has 1 aromatic carbocycles. The van der Waals surface area contributed by atoms with Crippen molar-refractivity contribution in [2.24, 2.45) is 4.99 Å². The van der Waals surface area contributed by atoms with Crippen molar-refractivity contribution in [2.45, 2.75) is 17.7 Å². The highest BCUT2D eigenvalue weighted by molar-refractivity contribution is 7.98. The van der Waals surface area contributed by atoms with Gasteiger partial charge in [-0.3, -0.25) is 5.32 Å². The van der Waals surface area contributed by atoms with Gasteiger partial charge in [0.25, 0.3) is 0 Å². The second-order valence-corrected chi connectivity index (χ2v) is 6.62. The summed E-state index contributed by atoms with van der Waals surface area (Å²) in [6.45, 7) is 0.450. The van der Waals surface area contributed by atoms with Gasteiger partial charge in [0.15, 0.2) is 23.2 Å².